The lowest BCUT2D eigenvalue weighted by atomic mass is 9.86. The molecule has 0 saturated carbocycles. The van der Waals surface area contributed by atoms with Gasteiger partial charge < -0.3 is 10.1 Å². The Morgan fingerprint density at radius 1 is 0.853 bits per heavy atom. The molecule has 0 aliphatic carbocycles. The molecule has 0 bridgehead atoms. The summed E-state index contributed by atoms with van der Waals surface area (Å²) in [5.41, 5.74) is 4.68. The van der Waals surface area contributed by atoms with E-state index in [0.29, 0.717) is 22.4 Å². The maximum Gasteiger partial charge on any atom is 0.255 e. The fraction of sp³-hybridized carbons (Fsp3) is 0.310. The number of ketones is 1. The second kappa shape index (κ2) is 10.3. The average Bonchev–Trinajstić information content (AvgIpc) is 2.84. The normalized spacial score (nSPS) is 14.6. The molecule has 0 spiro atoms. The van der Waals surface area contributed by atoms with Crippen molar-refractivity contribution < 1.29 is 14.3 Å². The van der Waals surface area contributed by atoms with Crippen LogP contribution in [-0.2, 0) is 16.7 Å². The number of nitrogens with one attached hydrogen (secondary N) is 1. The lowest BCUT2D eigenvalue weighted by molar-refractivity contribution is 0.0342. The van der Waals surface area contributed by atoms with Gasteiger partial charge in [0.1, 0.15) is 0 Å². The summed E-state index contributed by atoms with van der Waals surface area (Å²) in [5, 5.41) is 2.94. The second-order valence-corrected chi connectivity index (χ2v) is 9.78. The third kappa shape index (κ3) is 5.99. The highest BCUT2D eigenvalue weighted by atomic mass is 16.5. The van der Waals surface area contributed by atoms with Gasteiger partial charge in [0.15, 0.2) is 5.78 Å². The topological polar surface area (TPSA) is 58.6 Å². The monoisotopic (exact) mass is 456 g/mol. The Morgan fingerprint density at radius 3 is 2.24 bits per heavy atom. The minimum Gasteiger partial charge on any atom is -0.379 e. The highest BCUT2D eigenvalue weighted by molar-refractivity contribution is 6.10. The summed E-state index contributed by atoms with van der Waals surface area (Å²) in [7, 11) is 0. The number of carbonyl (C=O) groups excluding carboxylic acids is 2. The largest absolute Gasteiger partial charge is 0.379 e. The smallest absolute Gasteiger partial charge is 0.255 e. The molecule has 1 fully saturated rings. The van der Waals surface area contributed by atoms with Crippen LogP contribution in [0.4, 0.5) is 5.69 Å². The predicted octanol–water partition coefficient (Wildman–Crippen LogP) is 5.30. The van der Waals surface area contributed by atoms with E-state index in [1.165, 1.54) is 5.56 Å². The van der Waals surface area contributed by atoms with Gasteiger partial charge in [0, 0.05) is 42.0 Å². The highest BCUT2D eigenvalue weighted by Gasteiger charge is 2.16. The number of carbonyl (C=O) groups is 2. The summed E-state index contributed by atoms with van der Waals surface area (Å²) in [5.74, 6) is -0.257. The molecule has 1 aliphatic heterocycles. The first-order chi connectivity index (χ1) is 16.3. The Balaban J connectivity index is 1.44. The van der Waals surface area contributed by atoms with Crippen LogP contribution in [0.5, 0.6) is 0 Å². The van der Waals surface area contributed by atoms with Gasteiger partial charge in [0.25, 0.3) is 5.91 Å². The molecule has 34 heavy (non-hydrogen) atoms. The van der Waals surface area contributed by atoms with Crippen molar-refractivity contribution >= 4 is 17.4 Å². The lowest BCUT2D eigenvalue weighted by Gasteiger charge is -2.26. The van der Waals surface area contributed by atoms with Gasteiger partial charge in [-0.25, -0.2) is 0 Å². The molecule has 0 atom stereocenters. The van der Waals surface area contributed by atoms with E-state index >= 15 is 0 Å². The van der Waals surface area contributed by atoms with Gasteiger partial charge in [-0.3, -0.25) is 14.5 Å². The number of amides is 1. The zero-order chi connectivity index (χ0) is 24.1. The zero-order valence-electron chi connectivity index (χ0n) is 20.1. The molecule has 0 unspecified atom stereocenters. The van der Waals surface area contributed by atoms with Gasteiger partial charge in [0.05, 0.1) is 13.2 Å². The van der Waals surface area contributed by atoms with Gasteiger partial charge in [-0.05, 0) is 40.8 Å². The van der Waals surface area contributed by atoms with E-state index < -0.39 is 0 Å². The maximum absolute atomic E-state index is 13.0. The molecule has 1 heterocycles. The number of hydrogen-bond donors (Lipinski definition) is 1. The molecule has 176 valence electrons. The molecule has 3 aromatic rings. The van der Waals surface area contributed by atoms with Crippen molar-refractivity contribution in [1.29, 1.82) is 0 Å². The summed E-state index contributed by atoms with van der Waals surface area (Å²) < 4.78 is 5.41. The molecule has 1 amide bonds. The Hall–Kier alpha value is -3.28. The number of ether oxygens (including phenoxy) is 1. The van der Waals surface area contributed by atoms with Crippen molar-refractivity contribution in [3.63, 3.8) is 0 Å². The standard InChI is InChI=1S/C29H32N2O3/c1-29(2,3)25-12-10-22(11-13-25)27(32)23-7-5-9-26(19-23)30-28(33)24-8-4-6-21(18-24)20-31-14-16-34-17-15-31/h4-13,18-19H,14-17,20H2,1-3H3,(H,30,33). The van der Waals surface area contributed by atoms with E-state index in [-0.39, 0.29) is 17.1 Å². The number of anilines is 1. The third-order valence-electron chi connectivity index (χ3n) is 6.09. The van der Waals surface area contributed by atoms with Crippen LogP contribution in [0.15, 0.2) is 72.8 Å². The summed E-state index contributed by atoms with van der Waals surface area (Å²) in [6, 6.07) is 22.5. The summed E-state index contributed by atoms with van der Waals surface area (Å²) >= 11 is 0. The van der Waals surface area contributed by atoms with Crippen molar-refractivity contribution in [3.8, 4) is 0 Å². The molecular weight excluding hydrogens is 424 g/mol. The van der Waals surface area contributed by atoms with Crippen LogP contribution in [-0.4, -0.2) is 42.9 Å². The molecule has 4 rings (SSSR count). The molecule has 5 heteroatoms. The summed E-state index contributed by atoms with van der Waals surface area (Å²) in [6.07, 6.45) is 0. The van der Waals surface area contributed by atoms with Crippen LogP contribution in [0.25, 0.3) is 0 Å². The molecule has 1 saturated heterocycles. The fourth-order valence-electron chi connectivity index (χ4n) is 4.06. The summed E-state index contributed by atoms with van der Waals surface area (Å²) in [6.45, 7) is 10.5. The minimum absolute atomic E-state index is 0.0330. The van der Waals surface area contributed by atoms with Gasteiger partial charge >= 0.3 is 0 Å². The van der Waals surface area contributed by atoms with Gasteiger partial charge in [-0.2, -0.15) is 0 Å². The van der Waals surface area contributed by atoms with E-state index in [0.717, 1.165) is 38.4 Å². The first kappa shape index (κ1) is 23.9. The Kier molecular flexibility index (Phi) is 7.25. The SMILES string of the molecule is CC(C)(C)c1ccc(C(=O)c2cccc(NC(=O)c3cccc(CN4CCOCC4)c3)c2)cc1. The first-order valence-corrected chi connectivity index (χ1v) is 11.8. The van der Waals surface area contributed by atoms with Crippen LogP contribution < -0.4 is 5.32 Å². The van der Waals surface area contributed by atoms with Gasteiger partial charge in [-0.15, -0.1) is 0 Å². The third-order valence-corrected chi connectivity index (χ3v) is 6.09. The molecule has 5 nitrogen and oxygen atoms in total. The Bertz CT molecular complexity index is 1160. The molecule has 0 aromatic heterocycles. The average molecular weight is 457 g/mol. The lowest BCUT2D eigenvalue weighted by Crippen LogP contribution is -2.35. The Labute approximate surface area is 201 Å². The van der Waals surface area contributed by atoms with Crippen molar-refractivity contribution in [2.45, 2.75) is 32.7 Å². The Morgan fingerprint density at radius 2 is 1.53 bits per heavy atom. The second-order valence-electron chi connectivity index (χ2n) is 9.78. The number of nitrogens with zero attached hydrogens (tertiary/aromatic N) is 1. The van der Waals surface area contributed by atoms with Crippen molar-refractivity contribution in [2.75, 3.05) is 31.6 Å². The number of morpholine rings is 1. The quantitative estimate of drug-likeness (QED) is 0.512. The van der Waals surface area contributed by atoms with Crippen molar-refractivity contribution in [3.05, 3.63) is 101 Å². The van der Waals surface area contributed by atoms with Gasteiger partial charge in [-0.1, -0.05) is 69.3 Å². The number of hydrogen-bond acceptors (Lipinski definition) is 4. The molecule has 1 aliphatic rings. The fourth-order valence-corrected chi connectivity index (χ4v) is 4.06. The van der Waals surface area contributed by atoms with E-state index in [2.05, 4.69) is 31.0 Å². The van der Waals surface area contributed by atoms with Crippen LogP contribution in [0, 0.1) is 0 Å². The number of benzene rings is 3. The highest BCUT2D eigenvalue weighted by Crippen LogP contribution is 2.23. The van der Waals surface area contributed by atoms with Crippen LogP contribution in [0.2, 0.25) is 0 Å². The van der Waals surface area contributed by atoms with E-state index in [4.69, 9.17) is 4.74 Å². The van der Waals surface area contributed by atoms with Crippen LogP contribution in [0.1, 0.15) is 58.2 Å². The van der Waals surface area contributed by atoms with E-state index in [1.807, 2.05) is 48.5 Å². The maximum atomic E-state index is 13.0. The van der Waals surface area contributed by atoms with Gasteiger partial charge in [0.2, 0.25) is 0 Å². The summed E-state index contributed by atoms with van der Waals surface area (Å²) in [4.78, 5) is 28.3. The first-order valence-electron chi connectivity index (χ1n) is 11.8. The van der Waals surface area contributed by atoms with Crippen molar-refractivity contribution in [2.24, 2.45) is 0 Å². The zero-order valence-corrected chi connectivity index (χ0v) is 20.1. The van der Waals surface area contributed by atoms with Crippen molar-refractivity contribution in [1.82, 2.24) is 4.90 Å². The predicted molar refractivity (Wildman–Crippen MR) is 136 cm³/mol. The molecule has 0 radical (unpaired) electrons. The van der Waals surface area contributed by atoms with Crippen LogP contribution >= 0.6 is 0 Å². The molecular formula is C29H32N2O3. The van der Waals surface area contributed by atoms with Crippen LogP contribution in [0.3, 0.4) is 0 Å². The molecule has 3 aromatic carbocycles. The minimum atomic E-state index is -0.192. The molecule has 1 N–H and O–H groups in total. The van der Waals surface area contributed by atoms with E-state index in [1.54, 1.807) is 24.3 Å². The van der Waals surface area contributed by atoms with E-state index in [9.17, 15) is 9.59 Å². The number of rotatable bonds is 6.